The number of nitrogens with zero attached hydrogens (tertiary/aromatic N) is 5. The van der Waals surface area contributed by atoms with Crippen LogP contribution in [0.1, 0.15) is 42.5 Å². The van der Waals surface area contributed by atoms with Crippen molar-refractivity contribution in [3.63, 3.8) is 0 Å². The Labute approximate surface area is 135 Å². The summed E-state index contributed by atoms with van der Waals surface area (Å²) in [7, 11) is 1.89. The first-order valence-corrected chi connectivity index (χ1v) is 7.92. The number of aromatic nitrogens is 4. The maximum atomic E-state index is 12.6. The molecule has 7 nitrogen and oxygen atoms in total. The smallest absolute Gasteiger partial charge is 0.223 e. The van der Waals surface area contributed by atoms with Gasteiger partial charge >= 0.3 is 0 Å². The first kappa shape index (κ1) is 15.5. The van der Waals surface area contributed by atoms with Gasteiger partial charge in [-0.3, -0.25) is 9.48 Å². The molecule has 1 amide bonds. The zero-order valence-electron chi connectivity index (χ0n) is 13.6. The molecule has 0 bridgehead atoms. The number of hydrogen-bond donors (Lipinski definition) is 1. The van der Waals surface area contributed by atoms with Crippen molar-refractivity contribution in [3.05, 3.63) is 35.5 Å². The zero-order chi connectivity index (χ0) is 16.4. The van der Waals surface area contributed by atoms with Gasteiger partial charge in [0.1, 0.15) is 11.6 Å². The van der Waals surface area contributed by atoms with Gasteiger partial charge in [0, 0.05) is 38.0 Å². The molecule has 1 aliphatic heterocycles. The molecular weight excluding hydrogens is 292 g/mol. The maximum absolute atomic E-state index is 12.6. The van der Waals surface area contributed by atoms with Crippen LogP contribution in [-0.4, -0.2) is 37.1 Å². The van der Waals surface area contributed by atoms with Gasteiger partial charge in [0.25, 0.3) is 0 Å². The van der Waals surface area contributed by atoms with E-state index < -0.39 is 0 Å². The van der Waals surface area contributed by atoms with Gasteiger partial charge in [-0.05, 0) is 32.3 Å². The summed E-state index contributed by atoms with van der Waals surface area (Å²) in [5, 5.41) is 4.13. The number of nitrogens with two attached hydrogens (primary N) is 1. The van der Waals surface area contributed by atoms with E-state index in [2.05, 4.69) is 15.1 Å². The number of anilines is 1. The summed E-state index contributed by atoms with van der Waals surface area (Å²) in [5.41, 5.74) is 7.74. The largest absolute Gasteiger partial charge is 0.384 e. The molecule has 1 aliphatic rings. The quantitative estimate of drug-likeness (QED) is 0.921. The second kappa shape index (κ2) is 6.36. The van der Waals surface area contributed by atoms with Crippen molar-refractivity contribution in [2.75, 3.05) is 12.3 Å². The first-order chi connectivity index (χ1) is 11.0. The minimum atomic E-state index is 0.0121. The molecule has 1 saturated heterocycles. The fourth-order valence-electron chi connectivity index (χ4n) is 3.18. The lowest BCUT2D eigenvalue weighted by atomic mass is 10.1. The third-order valence-corrected chi connectivity index (χ3v) is 4.31. The molecule has 3 rings (SSSR count). The minimum absolute atomic E-state index is 0.0121. The zero-order valence-corrected chi connectivity index (χ0v) is 13.6. The van der Waals surface area contributed by atoms with Crippen LogP contribution in [0.5, 0.6) is 0 Å². The van der Waals surface area contributed by atoms with E-state index in [1.807, 2.05) is 29.6 Å². The van der Waals surface area contributed by atoms with Crippen molar-refractivity contribution >= 4 is 11.7 Å². The van der Waals surface area contributed by atoms with Gasteiger partial charge in [0.15, 0.2) is 0 Å². The fraction of sp³-hybridized carbons (Fsp3) is 0.500. The minimum Gasteiger partial charge on any atom is -0.384 e. The normalized spacial score (nSPS) is 17.7. The second-order valence-corrected chi connectivity index (χ2v) is 5.96. The van der Waals surface area contributed by atoms with Gasteiger partial charge in [-0.25, -0.2) is 9.97 Å². The molecular formula is C16H22N6O. The average molecular weight is 314 g/mol. The number of carbonyl (C=O) groups is 1. The van der Waals surface area contributed by atoms with E-state index in [0.717, 1.165) is 30.8 Å². The van der Waals surface area contributed by atoms with Gasteiger partial charge in [0.2, 0.25) is 5.91 Å². The number of aryl methyl sites for hydroxylation is 3. The average Bonchev–Trinajstić information content (AvgIpc) is 3.12. The SMILES string of the molecule is Cc1nc(N)cc([C@@H]2CCCN2C(=O)CCc2ccnn2C)n1. The van der Waals surface area contributed by atoms with E-state index in [0.29, 0.717) is 24.5 Å². The van der Waals surface area contributed by atoms with Gasteiger partial charge < -0.3 is 10.6 Å². The molecule has 0 aromatic carbocycles. The van der Waals surface area contributed by atoms with Crippen molar-refractivity contribution in [2.45, 2.75) is 38.6 Å². The van der Waals surface area contributed by atoms with Crippen LogP contribution in [0.2, 0.25) is 0 Å². The molecule has 0 saturated carbocycles. The lowest BCUT2D eigenvalue weighted by Crippen LogP contribution is -2.31. The van der Waals surface area contributed by atoms with Crippen molar-refractivity contribution in [3.8, 4) is 0 Å². The Morgan fingerprint density at radius 3 is 2.96 bits per heavy atom. The van der Waals surface area contributed by atoms with Gasteiger partial charge in [-0.2, -0.15) is 5.10 Å². The van der Waals surface area contributed by atoms with Crippen molar-refractivity contribution in [1.82, 2.24) is 24.6 Å². The third-order valence-electron chi connectivity index (χ3n) is 4.31. The lowest BCUT2D eigenvalue weighted by molar-refractivity contribution is -0.132. The molecule has 23 heavy (non-hydrogen) atoms. The molecule has 2 aromatic heterocycles. The molecule has 2 aromatic rings. The molecule has 0 spiro atoms. The first-order valence-electron chi connectivity index (χ1n) is 7.92. The van der Waals surface area contributed by atoms with Crippen molar-refractivity contribution < 1.29 is 4.79 Å². The van der Waals surface area contributed by atoms with Crippen LogP contribution < -0.4 is 5.73 Å². The Bertz CT molecular complexity index is 690. The van der Waals surface area contributed by atoms with Crippen molar-refractivity contribution in [2.24, 2.45) is 7.05 Å². The van der Waals surface area contributed by atoms with Crippen molar-refractivity contribution in [1.29, 1.82) is 0 Å². The molecule has 3 heterocycles. The summed E-state index contributed by atoms with van der Waals surface area (Å²) in [5.74, 6) is 1.26. The Balaban J connectivity index is 1.70. The van der Waals surface area contributed by atoms with Gasteiger partial charge in [-0.1, -0.05) is 0 Å². The molecule has 0 unspecified atom stereocenters. The Kier molecular flexibility index (Phi) is 4.27. The van der Waals surface area contributed by atoms with Gasteiger partial charge in [-0.15, -0.1) is 0 Å². The van der Waals surface area contributed by atoms with Crippen LogP contribution in [0.25, 0.3) is 0 Å². The van der Waals surface area contributed by atoms with E-state index in [4.69, 9.17) is 5.73 Å². The standard InChI is InChI=1S/C16H22N6O/c1-11-19-13(10-15(17)20-11)14-4-3-9-22(14)16(23)6-5-12-7-8-18-21(12)2/h7-8,10,14H,3-6,9H2,1-2H3,(H2,17,19,20)/t14-/m0/s1. The van der Waals surface area contributed by atoms with Crippen LogP contribution in [0.4, 0.5) is 5.82 Å². The summed E-state index contributed by atoms with van der Waals surface area (Å²) in [4.78, 5) is 23.1. The Morgan fingerprint density at radius 1 is 1.43 bits per heavy atom. The summed E-state index contributed by atoms with van der Waals surface area (Å²) in [6.45, 7) is 2.60. The highest BCUT2D eigenvalue weighted by atomic mass is 16.2. The number of likely N-dealkylation sites (tertiary alicyclic amines) is 1. The van der Waals surface area contributed by atoms with Crippen LogP contribution in [0, 0.1) is 6.92 Å². The molecule has 7 heteroatoms. The highest BCUT2D eigenvalue weighted by Crippen LogP contribution is 2.32. The van der Waals surface area contributed by atoms with Crippen LogP contribution in [-0.2, 0) is 18.3 Å². The number of amides is 1. The third kappa shape index (κ3) is 3.33. The van der Waals surface area contributed by atoms with Gasteiger partial charge in [0.05, 0.1) is 11.7 Å². The Morgan fingerprint density at radius 2 is 2.26 bits per heavy atom. The lowest BCUT2D eigenvalue weighted by Gasteiger charge is -2.24. The van der Waals surface area contributed by atoms with E-state index in [9.17, 15) is 4.79 Å². The number of nitrogen functional groups attached to an aromatic ring is 1. The van der Waals surface area contributed by atoms with Crippen LogP contribution >= 0.6 is 0 Å². The summed E-state index contributed by atoms with van der Waals surface area (Å²) in [6, 6.07) is 3.74. The van der Waals surface area contributed by atoms with E-state index in [1.165, 1.54) is 0 Å². The number of rotatable bonds is 4. The topological polar surface area (TPSA) is 89.9 Å². The predicted molar refractivity (Wildman–Crippen MR) is 86.4 cm³/mol. The number of hydrogen-bond acceptors (Lipinski definition) is 5. The van der Waals surface area contributed by atoms with E-state index in [1.54, 1.807) is 12.3 Å². The Hall–Kier alpha value is -2.44. The summed E-state index contributed by atoms with van der Waals surface area (Å²) < 4.78 is 1.81. The number of carbonyl (C=O) groups excluding carboxylic acids is 1. The maximum Gasteiger partial charge on any atom is 0.223 e. The molecule has 0 aliphatic carbocycles. The summed E-state index contributed by atoms with van der Waals surface area (Å²) in [6.07, 6.45) is 4.85. The second-order valence-electron chi connectivity index (χ2n) is 5.96. The molecule has 0 radical (unpaired) electrons. The highest BCUT2D eigenvalue weighted by molar-refractivity contribution is 5.77. The summed E-state index contributed by atoms with van der Waals surface area (Å²) >= 11 is 0. The molecule has 2 N–H and O–H groups in total. The fourth-order valence-corrected chi connectivity index (χ4v) is 3.18. The van der Waals surface area contributed by atoms with Crippen LogP contribution in [0.15, 0.2) is 18.3 Å². The molecule has 1 fully saturated rings. The van der Waals surface area contributed by atoms with E-state index >= 15 is 0 Å². The van der Waals surface area contributed by atoms with Crippen LogP contribution in [0.3, 0.4) is 0 Å². The predicted octanol–water partition coefficient (Wildman–Crippen LogP) is 1.40. The molecule has 122 valence electrons. The molecule has 1 atom stereocenters. The highest BCUT2D eigenvalue weighted by Gasteiger charge is 2.31. The monoisotopic (exact) mass is 314 g/mol. The van der Waals surface area contributed by atoms with E-state index in [-0.39, 0.29) is 11.9 Å².